The van der Waals surface area contributed by atoms with Crippen molar-refractivity contribution in [3.05, 3.63) is 65.2 Å². The molecule has 1 atom stereocenters. The maximum absolute atomic E-state index is 12.2. The zero-order valence-corrected chi connectivity index (χ0v) is 17.7. The van der Waals surface area contributed by atoms with Crippen molar-refractivity contribution in [1.82, 2.24) is 4.47 Å². The van der Waals surface area contributed by atoms with E-state index in [1.165, 1.54) is 38.4 Å². The first-order chi connectivity index (χ1) is 13.7. The average Bonchev–Trinajstić information content (AvgIpc) is 2.76. The number of ketones is 1. The molecule has 156 valence electrons. The number of hydrogen-bond donors (Lipinski definition) is 0. The minimum Gasteiger partial charge on any atom is -0.454 e. The number of esters is 1. The SMILES string of the molecule is CC[C@@H](C)c1ccc(C(=O)COC(=O)c2ccc(S(=O)(=O)N(C)OC)cc2)cc1. The zero-order chi connectivity index (χ0) is 21.6. The molecule has 8 heteroatoms. The summed E-state index contributed by atoms with van der Waals surface area (Å²) in [6, 6.07) is 12.5. The third-order valence-corrected chi connectivity index (χ3v) is 6.43. The van der Waals surface area contributed by atoms with Crippen LogP contribution in [0.4, 0.5) is 0 Å². The van der Waals surface area contributed by atoms with Crippen molar-refractivity contribution in [2.45, 2.75) is 31.1 Å². The highest BCUT2D eigenvalue weighted by molar-refractivity contribution is 7.89. The second-order valence-electron chi connectivity index (χ2n) is 6.55. The van der Waals surface area contributed by atoms with Crippen LogP contribution in [0.5, 0.6) is 0 Å². The number of benzene rings is 2. The van der Waals surface area contributed by atoms with E-state index in [1.807, 2.05) is 12.1 Å². The maximum atomic E-state index is 12.2. The molecule has 29 heavy (non-hydrogen) atoms. The number of ether oxygens (including phenoxy) is 1. The molecule has 0 saturated carbocycles. The Morgan fingerprint density at radius 2 is 1.55 bits per heavy atom. The van der Waals surface area contributed by atoms with Gasteiger partial charge in [0, 0.05) is 12.6 Å². The molecule has 0 aliphatic carbocycles. The number of hydroxylamine groups is 1. The highest BCUT2D eigenvalue weighted by Gasteiger charge is 2.21. The number of sulfonamides is 1. The molecule has 0 saturated heterocycles. The molecule has 0 bridgehead atoms. The van der Waals surface area contributed by atoms with E-state index >= 15 is 0 Å². The van der Waals surface area contributed by atoms with Gasteiger partial charge in [-0.05, 0) is 42.2 Å². The standard InChI is InChI=1S/C21H25NO6S/c1-5-15(2)16-6-8-17(9-7-16)20(23)14-28-21(24)18-10-12-19(13-11-18)29(25,26)22(3)27-4/h6-13,15H,5,14H2,1-4H3/t15-/m1/s1. The summed E-state index contributed by atoms with van der Waals surface area (Å²) < 4.78 is 30.1. The lowest BCUT2D eigenvalue weighted by molar-refractivity contribution is -0.0258. The van der Waals surface area contributed by atoms with Crippen LogP contribution in [0.15, 0.2) is 53.4 Å². The van der Waals surface area contributed by atoms with Crippen molar-refractivity contribution >= 4 is 21.8 Å². The first-order valence-electron chi connectivity index (χ1n) is 9.14. The third-order valence-electron chi connectivity index (χ3n) is 4.73. The van der Waals surface area contributed by atoms with E-state index in [4.69, 9.17) is 9.57 Å². The van der Waals surface area contributed by atoms with Gasteiger partial charge in [-0.3, -0.25) is 9.63 Å². The summed E-state index contributed by atoms with van der Waals surface area (Å²) in [7, 11) is -1.30. The molecule has 0 radical (unpaired) electrons. The van der Waals surface area contributed by atoms with Crippen LogP contribution in [0.3, 0.4) is 0 Å². The van der Waals surface area contributed by atoms with Crippen molar-refractivity contribution in [2.75, 3.05) is 20.8 Å². The number of Topliss-reactive ketones (excluding diaryl/α,β-unsaturated/α-hetero) is 1. The van der Waals surface area contributed by atoms with E-state index in [2.05, 4.69) is 13.8 Å². The van der Waals surface area contributed by atoms with E-state index in [1.54, 1.807) is 12.1 Å². The van der Waals surface area contributed by atoms with Crippen LogP contribution in [-0.4, -0.2) is 45.4 Å². The lowest BCUT2D eigenvalue weighted by Crippen LogP contribution is -2.25. The Morgan fingerprint density at radius 1 is 1.00 bits per heavy atom. The Morgan fingerprint density at radius 3 is 2.07 bits per heavy atom. The summed E-state index contributed by atoms with van der Waals surface area (Å²) in [5.74, 6) is -0.610. The van der Waals surface area contributed by atoms with Crippen LogP contribution < -0.4 is 0 Å². The fraction of sp³-hybridized carbons (Fsp3) is 0.333. The number of carbonyl (C=O) groups excluding carboxylic acids is 2. The quantitative estimate of drug-likeness (QED) is 0.351. The molecule has 2 aromatic rings. The summed E-state index contributed by atoms with van der Waals surface area (Å²) in [5.41, 5.74) is 1.76. The number of carbonyl (C=O) groups is 2. The van der Waals surface area contributed by atoms with Gasteiger partial charge in [0.1, 0.15) is 0 Å². The Balaban J connectivity index is 1.99. The molecule has 2 rings (SSSR count). The van der Waals surface area contributed by atoms with Crippen LogP contribution in [0, 0.1) is 0 Å². The van der Waals surface area contributed by atoms with E-state index < -0.39 is 22.6 Å². The molecule has 0 unspecified atom stereocenters. The third kappa shape index (κ3) is 5.50. The molecular weight excluding hydrogens is 394 g/mol. The van der Waals surface area contributed by atoms with Crippen LogP contribution >= 0.6 is 0 Å². The van der Waals surface area contributed by atoms with Gasteiger partial charge in [-0.1, -0.05) is 42.6 Å². The summed E-state index contributed by atoms with van der Waals surface area (Å²) in [5, 5.41) is 0. The van der Waals surface area contributed by atoms with Crippen LogP contribution in [0.1, 0.15) is 52.5 Å². The molecule has 0 aromatic heterocycles. The van der Waals surface area contributed by atoms with Gasteiger partial charge < -0.3 is 4.74 Å². The van der Waals surface area contributed by atoms with Gasteiger partial charge in [-0.2, -0.15) is 0 Å². The minimum absolute atomic E-state index is 0.0316. The van der Waals surface area contributed by atoms with Crippen LogP contribution in [0.2, 0.25) is 0 Å². The van der Waals surface area contributed by atoms with Crippen molar-refractivity contribution in [2.24, 2.45) is 0 Å². The predicted octanol–water partition coefficient (Wildman–Crippen LogP) is 3.42. The molecule has 0 aliphatic heterocycles. The molecular formula is C21H25NO6S. The van der Waals surface area contributed by atoms with Gasteiger partial charge in [-0.15, -0.1) is 0 Å². The maximum Gasteiger partial charge on any atom is 0.338 e. The molecule has 7 nitrogen and oxygen atoms in total. The lowest BCUT2D eigenvalue weighted by Gasteiger charge is -2.14. The van der Waals surface area contributed by atoms with Crippen LogP contribution in [-0.2, 0) is 19.6 Å². The van der Waals surface area contributed by atoms with E-state index in [9.17, 15) is 18.0 Å². The monoisotopic (exact) mass is 419 g/mol. The fourth-order valence-electron chi connectivity index (χ4n) is 2.54. The summed E-state index contributed by atoms with van der Waals surface area (Å²) in [6.45, 7) is 3.82. The van der Waals surface area contributed by atoms with Crippen molar-refractivity contribution in [3.63, 3.8) is 0 Å². The summed E-state index contributed by atoms with van der Waals surface area (Å²) >= 11 is 0. The summed E-state index contributed by atoms with van der Waals surface area (Å²) in [6.07, 6.45) is 1.01. The second kappa shape index (κ2) is 9.78. The lowest BCUT2D eigenvalue weighted by atomic mass is 9.97. The van der Waals surface area contributed by atoms with Gasteiger partial charge in [0.05, 0.1) is 17.6 Å². The highest BCUT2D eigenvalue weighted by atomic mass is 32.2. The molecule has 0 amide bonds. The van der Waals surface area contributed by atoms with Crippen molar-refractivity contribution < 1.29 is 27.6 Å². The topological polar surface area (TPSA) is 90.0 Å². The Bertz CT molecular complexity index is 952. The van der Waals surface area contributed by atoms with E-state index in [-0.39, 0.29) is 16.2 Å². The average molecular weight is 419 g/mol. The first-order valence-corrected chi connectivity index (χ1v) is 10.6. The van der Waals surface area contributed by atoms with E-state index in [0.717, 1.165) is 12.0 Å². The zero-order valence-electron chi connectivity index (χ0n) is 16.9. The Labute approximate surface area is 171 Å². The van der Waals surface area contributed by atoms with Gasteiger partial charge >= 0.3 is 5.97 Å². The van der Waals surface area contributed by atoms with Gasteiger partial charge in [-0.25, -0.2) is 13.2 Å². The smallest absolute Gasteiger partial charge is 0.338 e. The second-order valence-corrected chi connectivity index (χ2v) is 8.49. The van der Waals surface area contributed by atoms with Gasteiger partial charge in [0.25, 0.3) is 10.0 Å². The number of rotatable bonds is 9. The van der Waals surface area contributed by atoms with Gasteiger partial charge in [0.2, 0.25) is 0 Å². The molecule has 0 spiro atoms. The molecule has 0 aliphatic rings. The Kier molecular flexibility index (Phi) is 7.66. The fourth-order valence-corrected chi connectivity index (χ4v) is 3.51. The first kappa shape index (κ1) is 22.7. The molecule has 0 fully saturated rings. The summed E-state index contributed by atoms with van der Waals surface area (Å²) in [4.78, 5) is 29.1. The predicted molar refractivity (Wildman–Crippen MR) is 108 cm³/mol. The highest BCUT2D eigenvalue weighted by Crippen LogP contribution is 2.19. The van der Waals surface area contributed by atoms with Crippen molar-refractivity contribution in [3.8, 4) is 0 Å². The Hall–Kier alpha value is -2.55. The van der Waals surface area contributed by atoms with Crippen molar-refractivity contribution in [1.29, 1.82) is 0 Å². The van der Waals surface area contributed by atoms with Crippen LogP contribution in [0.25, 0.3) is 0 Å². The molecule has 0 N–H and O–H groups in total. The minimum atomic E-state index is -3.80. The largest absolute Gasteiger partial charge is 0.454 e. The number of hydrogen-bond acceptors (Lipinski definition) is 6. The molecule has 0 heterocycles. The number of nitrogens with zero attached hydrogens (tertiary/aromatic N) is 1. The normalized spacial score (nSPS) is 12.6. The van der Waals surface area contributed by atoms with E-state index in [0.29, 0.717) is 15.9 Å². The molecule has 2 aromatic carbocycles. The van der Waals surface area contributed by atoms with Gasteiger partial charge in [0.15, 0.2) is 12.4 Å².